The second-order valence-corrected chi connectivity index (χ2v) is 6.71. The van der Waals surface area contributed by atoms with E-state index in [2.05, 4.69) is 26.0 Å². The highest BCUT2D eigenvalue weighted by Gasteiger charge is 2.05. The molecule has 1 atom stereocenters. The Morgan fingerprint density at radius 3 is 2.47 bits per heavy atom. The molecule has 1 aromatic rings. The fourth-order valence-electron chi connectivity index (χ4n) is 1.11. The lowest BCUT2D eigenvalue weighted by molar-refractivity contribution is 0.380. The molecule has 0 spiro atoms. The van der Waals surface area contributed by atoms with Gasteiger partial charge in [-0.25, -0.2) is 0 Å². The van der Waals surface area contributed by atoms with Gasteiger partial charge in [-0.15, -0.1) is 11.8 Å². The molecule has 0 saturated heterocycles. The first-order chi connectivity index (χ1) is 7.26. The zero-order valence-corrected chi connectivity index (χ0v) is 11.0. The molecule has 0 aromatic heterocycles. The van der Waals surface area contributed by atoms with E-state index in [1.807, 2.05) is 23.9 Å². The number of rotatable bonds is 6. The summed E-state index contributed by atoms with van der Waals surface area (Å²) in [5.74, 6) is 0. The van der Waals surface area contributed by atoms with E-state index in [-0.39, 0.29) is 8.15 Å². The summed E-state index contributed by atoms with van der Waals surface area (Å²) in [6, 6.07) is 8.01. The Hall–Kier alpha value is -0.240. The molecule has 0 fully saturated rings. The Balaban J connectivity index is 2.38. The number of hydrogen-bond acceptors (Lipinski definition) is 3. The number of benzene rings is 1. The standard InChI is InChI=1S/C11H18NOPS/c1-3-13-14(4-2)9-15-11-7-5-10(12)6-8-11/h5-8H,3-4,9,12H2,1-2H3. The Kier molecular flexibility index (Phi) is 6.07. The summed E-state index contributed by atoms with van der Waals surface area (Å²) in [5.41, 5.74) is 7.52. The number of anilines is 1. The van der Waals surface area contributed by atoms with E-state index in [0.717, 1.165) is 24.0 Å². The number of nitrogens with two attached hydrogens (primary N) is 1. The molecule has 0 amide bonds. The molecule has 1 rings (SSSR count). The average Bonchev–Trinajstić information content (AvgIpc) is 2.26. The largest absolute Gasteiger partial charge is 0.399 e. The quantitative estimate of drug-likeness (QED) is 0.469. The summed E-state index contributed by atoms with van der Waals surface area (Å²) in [6.07, 6.45) is 1.13. The van der Waals surface area contributed by atoms with Gasteiger partial charge in [-0.05, 0) is 37.4 Å². The van der Waals surface area contributed by atoms with Crippen molar-refractivity contribution >= 4 is 25.6 Å². The van der Waals surface area contributed by atoms with Crippen LogP contribution in [-0.4, -0.2) is 18.3 Å². The second kappa shape index (κ2) is 7.10. The monoisotopic (exact) mass is 243 g/mol. The average molecular weight is 243 g/mol. The molecule has 1 aromatic carbocycles. The lowest BCUT2D eigenvalue weighted by atomic mass is 10.3. The van der Waals surface area contributed by atoms with Gasteiger partial charge in [0, 0.05) is 30.8 Å². The van der Waals surface area contributed by atoms with Gasteiger partial charge in [0.1, 0.15) is 0 Å². The van der Waals surface area contributed by atoms with Crippen LogP contribution >= 0.6 is 19.9 Å². The van der Waals surface area contributed by atoms with Crippen LogP contribution in [0.15, 0.2) is 29.2 Å². The van der Waals surface area contributed by atoms with E-state index in [1.54, 1.807) is 0 Å². The van der Waals surface area contributed by atoms with Gasteiger partial charge in [0.05, 0.1) is 0 Å². The van der Waals surface area contributed by atoms with E-state index in [1.165, 1.54) is 4.90 Å². The van der Waals surface area contributed by atoms with Crippen molar-refractivity contribution < 1.29 is 4.52 Å². The predicted molar refractivity (Wildman–Crippen MR) is 70.7 cm³/mol. The molecule has 2 nitrogen and oxygen atoms in total. The molecule has 84 valence electrons. The number of nitrogen functional groups attached to an aromatic ring is 1. The van der Waals surface area contributed by atoms with E-state index in [0.29, 0.717) is 0 Å². The van der Waals surface area contributed by atoms with Crippen LogP contribution in [0.5, 0.6) is 0 Å². The SMILES string of the molecule is CCOP(CC)CSc1ccc(N)cc1. The molecule has 0 bridgehead atoms. The third kappa shape index (κ3) is 4.87. The van der Waals surface area contributed by atoms with E-state index >= 15 is 0 Å². The maximum absolute atomic E-state index is 5.66. The maximum atomic E-state index is 5.66. The summed E-state index contributed by atoms with van der Waals surface area (Å²) in [7, 11) is -0.258. The van der Waals surface area contributed by atoms with Crippen molar-refractivity contribution in [3.63, 3.8) is 0 Å². The van der Waals surface area contributed by atoms with Crippen LogP contribution in [-0.2, 0) is 4.52 Å². The Labute approximate surface area is 97.4 Å². The normalized spacial score (nSPS) is 12.7. The van der Waals surface area contributed by atoms with Gasteiger partial charge in [-0.3, -0.25) is 0 Å². The van der Waals surface area contributed by atoms with Crippen LogP contribution in [0.4, 0.5) is 5.69 Å². The Morgan fingerprint density at radius 2 is 1.93 bits per heavy atom. The highest BCUT2D eigenvalue weighted by molar-refractivity contribution is 8.04. The van der Waals surface area contributed by atoms with Crippen molar-refractivity contribution in [1.29, 1.82) is 0 Å². The van der Waals surface area contributed by atoms with Crippen LogP contribution < -0.4 is 5.73 Å². The number of hydrogen-bond donors (Lipinski definition) is 1. The molecule has 0 aliphatic heterocycles. The Morgan fingerprint density at radius 1 is 1.27 bits per heavy atom. The van der Waals surface area contributed by atoms with Gasteiger partial charge in [0.15, 0.2) is 0 Å². The molecule has 15 heavy (non-hydrogen) atoms. The molecule has 0 aliphatic rings. The molecule has 0 heterocycles. The van der Waals surface area contributed by atoms with Gasteiger partial charge < -0.3 is 10.3 Å². The van der Waals surface area contributed by atoms with Gasteiger partial charge >= 0.3 is 0 Å². The van der Waals surface area contributed by atoms with E-state index in [9.17, 15) is 0 Å². The van der Waals surface area contributed by atoms with Gasteiger partial charge in [-0.1, -0.05) is 6.92 Å². The van der Waals surface area contributed by atoms with Crippen molar-refractivity contribution in [2.45, 2.75) is 18.7 Å². The van der Waals surface area contributed by atoms with Crippen LogP contribution in [0.3, 0.4) is 0 Å². The fourth-order valence-corrected chi connectivity index (χ4v) is 4.19. The van der Waals surface area contributed by atoms with Crippen LogP contribution in [0, 0.1) is 0 Å². The van der Waals surface area contributed by atoms with Gasteiger partial charge in [-0.2, -0.15) is 0 Å². The molecule has 1 unspecified atom stereocenters. The van der Waals surface area contributed by atoms with Crippen molar-refractivity contribution in [3.05, 3.63) is 24.3 Å². The third-order valence-corrected chi connectivity index (χ3v) is 5.52. The predicted octanol–water partition coefficient (Wildman–Crippen LogP) is 3.77. The second-order valence-electron chi connectivity index (χ2n) is 3.06. The third-order valence-electron chi connectivity index (χ3n) is 1.92. The first-order valence-corrected chi connectivity index (χ1v) is 7.74. The van der Waals surface area contributed by atoms with Gasteiger partial charge in [0.2, 0.25) is 0 Å². The summed E-state index contributed by atoms with van der Waals surface area (Å²) in [5, 5.41) is 0. The van der Waals surface area contributed by atoms with Gasteiger partial charge in [0.25, 0.3) is 0 Å². The highest BCUT2D eigenvalue weighted by atomic mass is 32.2. The summed E-state index contributed by atoms with van der Waals surface area (Å²) in [6.45, 7) is 5.06. The molecule has 0 radical (unpaired) electrons. The zero-order chi connectivity index (χ0) is 11.1. The molecule has 0 saturated carbocycles. The molecular weight excluding hydrogens is 225 g/mol. The van der Waals surface area contributed by atoms with Crippen molar-refractivity contribution in [1.82, 2.24) is 0 Å². The van der Waals surface area contributed by atoms with Crippen LogP contribution in [0.2, 0.25) is 0 Å². The molecular formula is C11H18NOPS. The summed E-state index contributed by atoms with van der Waals surface area (Å²) >= 11 is 1.85. The lowest BCUT2D eigenvalue weighted by Crippen LogP contribution is -1.90. The van der Waals surface area contributed by atoms with Crippen LogP contribution in [0.25, 0.3) is 0 Å². The van der Waals surface area contributed by atoms with Crippen LogP contribution in [0.1, 0.15) is 13.8 Å². The first-order valence-electron chi connectivity index (χ1n) is 5.12. The zero-order valence-electron chi connectivity index (χ0n) is 9.27. The number of thioether (sulfide) groups is 1. The molecule has 0 aliphatic carbocycles. The topological polar surface area (TPSA) is 35.2 Å². The minimum atomic E-state index is -0.258. The van der Waals surface area contributed by atoms with Crippen molar-refractivity contribution in [2.24, 2.45) is 0 Å². The molecule has 2 N–H and O–H groups in total. The highest BCUT2D eigenvalue weighted by Crippen LogP contribution is 2.42. The molecule has 4 heteroatoms. The minimum Gasteiger partial charge on any atom is -0.399 e. The lowest BCUT2D eigenvalue weighted by Gasteiger charge is -2.14. The van der Waals surface area contributed by atoms with E-state index in [4.69, 9.17) is 10.3 Å². The smallest absolute Gasteiger partial charge is 0.0481 e. The van der Waals surface area contributed by atoms with Crippen molar-refractivity contribution in [2.75, 3.05) is 24.0 Å². The van der Waals surface area contributed by atoms with Crippen molar-refractivity contribution in [3.8, 4) is 0 Å². The summed E-state index contributed by atoms with van der Waals surface area (Å²) < 4.78 is 5.66. The van der Waals surface area contributed by atoms with E-state index < -0.39 is 0 Å². The maximum Gasteiger partial charge on any atom is 0.0481 e. The summed E-state index contributed by atoms with van der Waals surface area (Å²) in [4.78, 5) is 1.27. The fraction of sp³-hybridized carbons (Fsp3) is 0.455. The Bertz CT molecular complexity index is 278. The first kappa shape index (κ1) is 12.8. The minimum absolute atomic E-state index is 0.258.